The first-order valence-corrected chi connectivity index (χ1v) is 6.00. The second kappa shape index (κ2) is 2.91. The molecule has 3 heteroatoms. The van der Waals surface area contributed by atoms with Crippen molar-refractivity contribution in [1.82, 2.24) is 0 Å². The standard InChI is InChI=1S/C11H12O2S/c12-11(6-14-7-11)9-1-2-10-8(5-9)3-4-13-10/h1-2,5,12H,3-4,6-7H2. The monoisotopic (exact) mass is 208 g/mol. The Hall–Kier alpha value is -0.670. The molecule has 0 saturated carbocycles. The second-order valence-electron chi connectivity index (χ2n) is 3.95. The second-order valence-corrected chi connectivity index (χ2v) is 4.93. The van der Waals surface area contributed by atoms with Crippen molar-refractivity contribution < 1.29 is 9.84 Å². The number of ether oxygens (including phenoxy) is 1. The van der Waals surface area contributed by atoms with Gasteiger partial charge < -0.3 is 9.84 Å². The zero-order valence-corrected chi connectivity index (χ0v) is 8.64. The maximum absolute atomic E-state index is 10.2. The van der Waals surface area contributed by atoms with Crippen LogP contribution in [-0.4, -0.2) is 23.2 Å². The Kier molecular flexibility index (Phi) is 1.79. The predicted octanol–water partition coefficient (Wildman–Crippen LogP) is 1.56. The number of rotatable bonds is 1. The Morgan fingerprint density at radius 3 is 2.93 bits per heavy atom. The Morgan fingerprint density at radius 1 is 1.36 bits per heavy atom. The molecule has 2 heterocycles. The van der Waals surface area contributed by atoms with Gasteiger partial charge in [-0.05, 0) is 23.3 Å². The lowest BCUT2D eigenvalue weighted by Crippen LogP contribution is -2.39. The first kappa shape index (κ1) is 8.62. The number of benzene rings is 1. The van der Waals surface area contributed by atoms with Gasteiger partial charge >= 0.3 is 0 Å². The Balaban J connectivity index is 2.00. The van der Waals surface area contributed by atoms with Crippen molar-refractivity contribution in [3.05, 3.63) is 29.3 Å². The van der Waals surface area contributed by atoms with Crippen LogP contribution in [0.15, 0.2) is 18.2 Å². The summed E-state index contributed by atoms with van der Waals surface area (Å²) in [5.41, 5.74) is 1.73. The van der Waals surface area contributed by atoms with E-state index in [4.69, 9.17) is 4.74 Å². The van der Waals surface area contributed by atoms with Gasteiger partial charge in [0.15, 0.2) is 0 Å². The van der Waals surface area contributed by atoms with Crippen molar-refractivity contribution in [2.75, 3.05) is 18.1 Å². The van der Waals surface area contributed by atoms with E-state index in [-0.39, 0.29) is 0 Å². The molecule has 1 N–H and O–H groups in total. The third kappa shape index (κ3) is 1.16. The van der Waals surface area contributed by atoms with Crippen molar-refractivity contribution in [3.8, 4) is 5.75 Å². The molecule has 1 aromatic rings. The van der Waals surface area contributed by atoms with Crippen molar-refractivity contribution in [2.45, 2.75) is 12.0 Å². The molecular formula is C11H12O2S. The number of thioether (sulfide) groups is 1. The first-order valence-electron chi connectivity index (χ1n) is 4.84. The van der Waals surface area contributed by atoms with Crippen LogP contribution in [0.5, 0.6) is 5.75 Å². The largest absolute Gasteiger partial charge is 0.493 e. The fourth-order valence-electron chi connectivity index (χ4n) is 1.94. The zero-order chi connectivity index (χ0) is 9.60. The van der Waals surface area contributed by atoms with Crippen LogP contribution >= 0.6 is 11.8 Å². The minimum atomic E-state index is -0.567. The van der Waals surface area contributed by atoms with E-state index in [0.717, 1.165) is 35.8 Å². The van der Waals surface area contributed by atoms with Crippen molar-refractivity contribution in [2.24, 2.45) is 0 Å². The molecule has 0 aliphatic carbocycles. The summed E-state index contributed by atoms with van der Waals surface area (Å²) in [5, 5.41) is 10.2. The van der Waals surface area contributed by atoms with Crippen LogP contribution in [0.2, 0.25) is 0 Å². The summed E-state index contributed by atoms with van der Waals surface area (Å²) in [6.45, 7) is 0.784. The van der Waals surface area contributed by atoms with Gasteiger partial charge in [-0.25, -0.2) is 0 Å². The molecule has 74 valence electrons. The molecule has 1 fully saturated rings. The summed E-state index contributed by atoms with van der Waals surface area (Å²) < 4.78 is 5.43. The molecule has 2 aliphatic rings. The summed E-state index contributed by atoms with van der Waals surface area (Å²) in [7, 11) is 0. The van der Waals surface area contributed by atoms with E-state index in [1.165, 1.54) is 5.56 Å². The summed E-state index contributed by atoms with van der Waals surface area (Å²) in [6.07, 6.45) is 0.979. The first-order chi connectivity index (χ1) is 6.78. The fraction of sp³-hybridized carbons (Fsp3) is 0.455. The van der Waals surface area contributed by atoms with Gasteiger partial charge in [0.25, 0.3) is 0 Å². The highest BCUT2D eigenvalue weighted by Crippen LogP contribution is 2.40. The van der Waals surface area contributed by atoms with Crippen LogP contribution in [0.3, 0.4) is 0 Å². The molecule has 3 rings (SSSR count). The van der Waals surface area contributed by atoms with E-state index in [1.807, 2.05) is 12.1 Å². The van der Waals surface area contributed by atoms with Gasteiger partial charge in [-0.2, -0.15) is 11.8 Å². The molecule has 2 nitrogen and oxygen atoms in total. The lowest BCUT2D eigenvalue weighted by Gasteiger charge is -2.36. The minimum Gasteiger partial charge on any atom is -0.493 e. The van der Waals surface area contributed by atoms with Gasteiger partial charge in [0.1, 0.15) is 11.4 Å². The fourth-order valence-corrected chi connectivity index (χ4v) is 2.86. The molecule has 2 aliphatic heterocycles. The summed E-state index contributed by atoms with van der Waals surface area (Å²) in [4.78, 5) is 0. The van der Waals surface area contributed by atoms with Crippen LogP contribution < -0.4 is 4.74 Å². The maximum Gasteiger partial charge on any atom is 0.122 e. The number of aliphatic hydroxyl groups is 1. The Bertz CT molecular complexity index is 372. The molecule has 14 heavy (non-hydrogen) atoms. The molecule has 0 radical (unpaired) electrons. The average molecular weight is 208 g/mol. The molecule has 0 spiro atoms. The highest BCUT2D eigenvalue weighted by molar-refractivity contribution is 8.00. The highest BCUT2D eigenvalue weighted by Gasteiger charge is 2.37. The van der Waals surface area contributed by atoms with Gasteiger partial charge in [-0.3, -0.25) is 0 Å². The molecule has 0 amide bonds. The summed E-state index contributed by atoms with van der Waals surface area (Å²) in [5.74, 6) is 2.64. The number of hydrogen-bond donors (Lipinski definition) is 1. The van der Waals surface area contributed by atoms with Crippen LogP contribution in [0, 0.1) is 0 Å². The molecule has 1 saturated heterocycles. The molecule has 0 aromatic heterocycles. The Labute approximate surface area is 87.3 Å². The van der Waals surface area contributed by atoms with Crippen LogP contribution in [0.25, 0.3) is 0 Å². The molecule has 0 unspecified atom stereocenters. The average Bonchev–Trinajstić information content (AvgIpc) is 2.60. The van der Waals surface area contributed by atoms with Crippen LogP contribution in [-0.2, 0) is 12.0 Å². The van der Waals surface area contributed by atoms with Crippen molar-refractivity contribution >= 4 is 11.8 Å². The number of fused-ring (bicyclic) bond motifs is 1. The Morgan fingerprint density at radius 2 is 2.21 bits per heavy atom. The third-order valence-electron chi connectivity index (χ3n) is 2.91. The van der Waals surface area contributed by atoms with Gasteiger partial charge in [0.05, 0.1) is 6.61 Å². The van der Waals surface area contributed by atoms with E-state index >= 15 is 0 Å². The van der Waals surface area contributed by atoms with E-state index in [0.29, 0.717) is 0 Å². The van der Waals surface area contributed by atoms with Crippen molar-refractivity contribution in [3.63, 3.8) is 0 Å². The lowest BCUT2D eigenvalue weighted by atomic mass is 9.95. The van der Waals surface area contributed by atoms with Crippen LogP contribution in [0.1, 0.15) is 11.1 Å². The zero-order valence-electron chi connectivity index (χ0n) is 7.82. The SMILES string of the molecule is OC1(c2ccc3c(c2)CCO3)CSC1. The predicted molar refractivity (Wildman–Crippen MR) is 56.9 cm³/mol. The molecule has 0 atom stereocenters. The van der Waals surface area contributed by atoms with Crippen LogP contribution in [0.4, 0.5) is 0 Å². The maximum atomic E-state index is 10.2. The molecule has 0 bridgehead atoms. The lowest BCUT2D eigenvalue weighted by molar-refractivity contribution is 0.0768. The summed E-state index contributed by atoms with van der Waals surface area (Å²) >= 11 is 1.79. The smallest absolute Gasteiger partial charge is 0.122 e. The van der Waals surface area contributed by atoms with Gasteiger partial charge in [0.2, 0.25) is 0 Å². The third-order valence-corrected chi connectivity index (χ3v) is 4.27. The normalized spacial score (nSPS) is 22.4. The van der Waals surface area contributed by atoms with E-state index in [1.54, 1.807) is 11.8 Å². The number of hydrogen-bond acceptors (Lipinski definition) is 3. The van der Waals surface area contributed by atoms with E-state index in [9.17, 15) is 5.11 Å². The van der Waals surface area contributed by atoms with Gasteiger partial charge in [-0.15, -0.1) is 0 Å². The molecular weight excluding hydrogens is 196 g/mol. The van der Waals surface area contributed by atoms with Gasteiger partial charge in [0, 0.05) is 17.9 Å². The summed E-state index contributed by atoms with van der Waals surface area (Å²) in [6, 6.07) is 6.07. The molecule has 1 aromatic carbocycles. The minimum absolute atomic E-state index is 0.567. The van der Waals surface area contributed by atoms with E-state index < -0.39 is 5.60 Å². The quantitative estimate of drug-likeness (QED) is 0.759. The highest BCUT2D eigenvalue weighted by atomic mass is 32.2. The topological polar surface area (TPSA) is 29.5 Å². The van der Waals surface area contributed by atoms with Crippen molar-refractivity contribution in [1.29, 1.82) is 0 Å². The van der Waals surface area contributed by atoms with Gasteiger partial charge in [-0.1, -0.05) is 6.07 Å². The van der Waals surface area contributed by atoms with E-state index in [2.05, 4.69) is 6.07 Å².